The van der Waals surface area contributed by atoms with E-state index in [1.807, 2.05) is 32.0 Å². The van der Waals surface area contributed by atoms with E-state index in [0.29, 0.717) is 15.2 Å². The van der Waals surface area contributed by atoms with Crippen LogP contribution in [0, 0.1) is 19.7 Å². The summed E-state index contributed by atoms with van der Waals surface area (Å²) in [6, 6.07) is 12.0. The Morgan fingerprint density at radius 2 is 1.81 bits per heavy atom. The molecule has 0 radical (unpaired) electrons. The number of amides is 2. The molecule has 1 atom stereocenters. The minimum Gasteiger partial charge on any atom is -0.346 e. The van der Waals surface area contributed by atoms with Crippen molar-refractivity contribution in [3.05, 3.63) is 59.4 Å². The zero-order valence-electron chi connectivity index (χ0n) is 17.2. The van der Waals surface area contributed by atoms with Gasteiger partial charge in [-0.25, -0.2) is 4.39 Å². The third-order valence-electron chi connectivity index (χ3n) is 4.34. The number of thioether (sulfide) groups is 1. The second-order valence-corrected chi connectivity index (χ2v) is 9.34. The van der Waals surface area contributed by atoms with Crippen LogP contribution in [0.5, 0.6) is 0 Å². The summed E-state index contributed by atoms with van der Waals surface area (Å²) >= 11 is 2.43. The minimum absolute atomic E-state index is 0.131. The monoisotopic (exact) mass is 459 g/mol. The molecule has 0 bridgehead atoms. The van der Waals surface area contributed by atoms with Crippen LogP contribution in [-0.2, 0) is 9.59 Å². The van der Waals surface area contributed by atoms with E-state index in [0.717, 1.165) is 16.8 Å². The van der Waals surface area contributed by atoms with Crippen molar-refractivity contribution in [1.29, 1.82) is 0 Å². The number of aromatic nitrogens is 2. The number of rotatable bonds is 8. The van der Waals surface area contributed by atoms with Gasteiger partial charge < -0.3 is 16.0 Å². The molecule has 162 valence electrons. The molecule has 0 spiro atoms. The van der Waals surface area contributed by atoms with Gasteiger partial charge in [-0.3, -0.25) is 9.59 Å². The van der Waals surface area contributed by atoms with E-state index in [1.54, 1.807) is 25.1 Å². The van der Waals surface area contributed by atoms with Crippen molar-refractivity contribution in [3.63, 3.8) is 0 Å². The normalized spacial score (nSPS) is 11.6. The van der Waals surface area contributed by atoms with Crippen LogP contribution in [-0.4, -0.2) is 33.8 Å². The van der Waals surface area contributed by atoms with Gasteiger partial charge in [0.2, 0.25) is 16.9 Å². The van der Waals surface area contributed by atoms with Gasteiger partial charge in [0.15, 0.2) is 4.34 Å². The Bertz CT molecular complexity index is 1070. The largest absolute Gasteiger partial charge is 0.346 e. The van der Waals surface area contributed by atoms with Crippen LogP contribution in [0.25, 0.3) is 0 Å². The zero-order valence-corrected chi connectivity index (χ0v) is 18.9. The van der Waals surface area contributed by atoms with Crippen molar-refractivity contribution >= 4 is 51.4 Å². The fraction of sp³-hybridized carbons (Fsp3) is 0.238. The number of aryl methyl sites for hydroxylation is 2. The van der Waals surface area contributed by atoms with Gasteiger partial charge in [-0.1, -0.05) is 53.4 Å². The lowest BCUT2D eigenvalue weighted by atomic mass is 10.1. The molecule has 0 saturated heterocycles. The SMILES string of the molecule is Cc1cccc(C)c1NC(=O)CNC(=O)[C@H](C)Sc1nnc(Nc2ccccc2F)s1. The summed E-state index contributed by atoms with van der Waals surface area (Å²) in [4.78, 5) is 24.6. The highest BCUT2D eigenvalue weighted by Crippen LogP contribution is 2.31. The van der Waals surface area contributed by atoms with Crippen molar-refractivity contribution in [2.75, 3.05) is 17.2 Å². The predicted molar refractivity (Wildman–Crippen MR) is 122 cm³/mol. The summed E-state index contributed by atoms with van der Waals surface area (Å²) in [5.41, 5.74) is 2.98. The van der Waals surface area contributed by atoms with Crippen LogP contribution in [0.4, 0.5) is 20.9 Å². The molecule has 0 saturated carbocycles. The quantitative estimate of drug-likeness (QED) is 0.435. The molecule has 10 heteroatoms. The van der Waals surface area contributed by atoms with Crippen LogP contribution in [0.3, 0.4) is 0 Å². The molecule has 1 aromatic heterocycles. The van der Waals surface area contributed by atoms with Crippen molar-refractivity contribution in [2.45, 2.75) is 30.4 Å². The molecule has 0 fully saturated rings. The standard InChI is InChI=1S/C21H22FN5O2S2/c1-12-7-6-8-13(2)18(12)25-17(28)11-23-19(29)14(3)30-21-27-26-20(31-21)24-16-10-5-4-9-15(16)22/h4-10,14H,11H2,1-3H3,(H,23,29)(H,24,26)(H,25,28)/t14-/m0/s1. The molecule has 0 aliphatic rings. The fourth-order valence-corrected chi connectivity index (χ4v) is 4.63. The molecular formula is C21H22FN5O2S2. The van der Waals surface area contributed by atoms with Crippen LogP contribution in [0.2, 0.25) is 0 Å². The summed E-state index contributed by atoms with van der Waals surface area (Å²) in [6.45, 7) is 5.41. The van der Waals surface area contributed by atoms with Gasteiger partial charge in [0.05, 0.1) is 17.5 Å². The van der Waals surface area contributed by atoms with Crippen LogP contribution < -0.4 is 16.0 Å². The molecule has 31 heavy (non-hydrogen) atoms. The first-order valence-electron chi connectivity index (χ1n) is 9.49. The topological polar surface area (TPSA) is 96.0 Å². The lowest BCUT2D eigenvalue weighted by molar-refractivity contribution is -0.123. The van der Waals surface area contributed by atoms with Crippen molar-refractivity contribution < 1.29 is 14.0 Å². The first-order valence-corrected chi connectivity index (χ1v) is 11.2. The van der Waals surface area contributed by atoms with Crippen molar-refractivity contribution in [3.8, 4) is 0 Å². The average molecular weight is 460 g/mol. The minimum atomic E-state index is -0.484. The molecule has 2 aromatic carbocycles. The summed E-state index contributed by atoms with van der Waals surface area (Å²) in [6.07, 6.45) is 0. The van der Waals surface area contributed by atoms with E-state index >= 15 is 0 Å². The predicted octanol–water partition coefficient (Wildman–Crippen LogP) is 4.27. The van der Waals surface area contributed by atoms with Gasteiger partial charge in [0.25, 0.3) is 0 Å². The highest BCUT2D eigenvalue weighted by Gasteiger charge is 2.18. The maximum absolute atomic E-state index is 13.7. The summed E-state index contributed by atoms with van der Waals surface area (Å²) < 4.78 is 14.3. The Morgan fingerprint density at radius 1 is 1.10 bits per heavy atom. The Kier molecular flexibility index (Phi) is 7.59. The number of nitrogens with zero attached hydrogens (tertiary/aromatic N) is 2. The number of carbonyl (C=O) groups excluding carboxylic acids is 2. The molecule has 7 nitrogen and oxygen atoms in total. The Balaban J connectivity index is 1.49. The molecule has 0 unspecified atom stereocenters. The molecule has 3 aromatic rings. The van der Waals surface area contributed by atoms with E-state index in [-0.39, 0.29) is 24.2 Å². The number of nitrogens with one attached hydrogen (secondary N) is 3. The Morgan fingerprint density at radius 3 is 2.52 bits per heavy atom. The smallest absolute Gasteiger partial charge is 0.243 e. The van der Waals surface area contributed by atoms with Gasteiger partial charge in [-0.2, -0.15) is 0 Å². The highest BCUT2D eigenvalue weighted by molar-refractivity contribution is 8.02. The van der Waals surface area contributed by atoms with Gasteiger partial charge in [-0.05, 0) is 44.0 Å². The van der Waals surface area contributed by atoms with Crippen LogP contribution in [0.15, 0.2) is 46.8 Å². The maximum atomic E-state index is 13.7. The Labute approximate surface area is 187 Å². The van der Waals surface area contributed by atoms with Crippen LogP contribution >= 0.6 is 23.1 Å². The van der Waals surface area contributed by atoms with Gasteiger partial charge in [0, 0.05) is 5.69 Å². The maximum Gasteiger partial charge on any atom is 0.243 e. The zero-order chi connectivity index (χ0) is 22.4. The fourth-order valence-electron chi connectivity index (χ4n) is 2.70. The van der Waals surface area contributed by atoms with Gasteiger partial charge in [-0.15, -0.1) is 10.2 Å². The summed E-state index contributed by atoms with van der Waals surface area (Å²) in [7, 11) is 0. The highest BCUT2D eigenvalue weighted by atomic mass is 32.2. The number of para-hydroxylation sites is 2. The molecular weight excluding hydrogens is 437 g/mol. The van der Waals surface area contributed by atoms with Gasteiger partial charge in [0.1, 0.15) is 5.82 Å². The Hall–Kier alpha value is -2.98. The van der Waals surface area contributed by atoms with E-state index in [2.05, 4.69) is 26.1 Å². The number of carbonyl (C=O) groups is 2. The summed E-state index contributed by atoms with van der Waals surface area (Å²) in [5.74, 6) is -0.977. The number of halogens is 1. The second kappa shape index (κ2) is 10.4. The third-order valence-corrected chi connectivity index (χ3v) is 6.36. The first kappa shape index (κ1) is 22.7. The molecule has 0 aliphatic heterocycles. The number of anilines is 3. The number of hydrogen-bond acceptors (Lipinski definition) is 7. The van der Waals surface area contributed by atoms with Crippen LogP contribution in [0.1, 0.15) is 18.1 Å². The van der Waals surface area contributed by atoms with Gasteiger partial charge >= 0.3 is 0 Å². The van der Waals surface area contributed by atoms with Crippen molar-refractivity contribution in [1.82, 2.24) is 15.5 Å². The molecule has 3 rings (SSSR count). The lowest BCUT2D eigenvalue weighted by Crippen LogP contribution is -2.37. The summed E-state index contributed by atoms with van der Waals surface area (Å²) in [5, 5.41) is 16.3. The van der Waals surface area contributed by atoms with E-state index < -0.39 is 5.25 Å². The van der Waals surface area contributed by atoms with E-state index in [1.165, 1.54) is 29.2 Å². The lowest BCUT2D eigenvalue weighted by Gasteiger charge is -2.13. The van der Waals surface area contributed by atoms with Crippen molar-refractivity contribution in [2.24, 2.45) is 0 Å². The molecule has 3 N–H and O–H groups in total. The first-order chi connectivity index (χ1) is 14.8. The number of hydrogen-bond donors (Lipinski definition) is 3. The second-order valence-electron chi connectivity index (χ2n) is 6.77. The number of benzene rings is 2. The van der Waals surface area contributed by atoms with E-state index in [4.69, 9.17) is 0 Å². The molecule has 1 heterocycles. The molecule has 2 amide bonds. The van der Waals surface area contributed by atoms with E-state index in [9.17, 15) is 14.0 Å². The average Bonchev–Trinajstić information content (AvgIpc) is 3.17. The molecule has 0 aliphatic carbocycles. The third kappa shape index (κ3) is 6.25.